The van der Waals surface area contributed by atoms with Crippen LogP contribution in [-0.2, 0) is 0 Å². The molecule has 1 unspecified atom stereocenters. The lowest BCUT2D eigenvalue weighted by Gasteiger charge is -2.45. The monoisotopic (exact) mass is 246 g/mol. The number of nitrogens with zero attached hydrogens (tertiary/aromatic N) is 2. The molecule has 92 valence electrons. The van der Waals surface area contributed by atoms with E-state index < -0.39 is 17.4 Å². The van der Waals surface area contributed by atoms with Crippen molar-refractivity contribution >= 4 is 17.4 Å². The smallest absolute Gasteiger partial charge is 0.180 e. The van der Waals surface area contributed by atoms with E-state index in [0.29, 0.717) is 6.04 Å². The first-order chi connectivity index (χ1) is 6.75. The molecule has 0 amide bonds. The highest BCUT2D eigenvalue weighted by Gasteiger charge is 2.33. The van der Waals surface area contributed by atoms with Gasteiger partial charge in [0, 0.05) is 0 Å². The Balaban J connectivity index is 4.77. The Bertz CT molecular complexity index is 174. The van der Waals surface area contributed by atoms with Crippen molar-refractivity contribution < 1.29 is 0 Å². The van der Waals surface area contributed by atoms with E-state index in [0.717, 1.165) is 0 Å². The highest BCUT2D eigenvalue weighted by molar-refractivity contribution is 6.82. The largest absolute Gasteiger partial charge is 0.334 e. The fourth-order valence-corrected chi connectivity index (χ4v) is 11.5. The van der Waals surface area contributed by atoms with Gasteiger partial charge in [-0.15, -0.1) is 0 Å². The fraction of sp³-hybridized carbons (Fsp3) is 1.00. The second-order valence-corrected chi connectivity index (χ2v) is 13.4. The van der Waals surface area contributed by atoms with Crippen LogP contribution in [0.25, 0.3) is 0 Å². The van der Waals surface area contributed by atoms with Crippen LogP contribution in [-0.4, -0.2) is 45.3 Å². The van der Waals surface area contributed by atoms with E-state index in [-0.39, 0.29) is 0 Å². The first-order valence-electron chi connectivity index (χ1n) is 6.28. The molecule has 15 heavy (non-hydrogen) atoms. The minimum atomic E-state index is -1.15. The molecule has 0 heterocycles. The number of hydrogen-bond donors (Lipinski definition) is 0. The quantitative estimate of drug-likeness (QED) is 0.665. The molecule has 0 aromatic rings. The van der Waals surface area contributed by atoms with E-state index >= 15 is 0 Å². The Morgan fingerprint density at radius 2 is 1.47 bits per heavy atom. The van der Waals surface area contributed by atoms with Crippen LogP contribution in [0.3, 0.4) is 0 Å². The predicted octanol–water partition coefficient (Wildman–Crippen LogP) is 2.72. The number of rotatable bonds is 6. The molecule has 0 N–H and O–H groups in total. The van der Waals surface area contributed by atoms with E-state index in [9.17, 15) is 0 Å². The molecule has 0 aliphatic heterocycles. The Morgan fingerprint density at radius 1 is 1.07 bits per heavy atom. The predicted molar refractivity (Wildman–Crippen MR) is 76.3 cm³/mol. The van der Waals surface area contributed by atoms with Crippen molar-refractivity contribution in [3.63, 3.8) is 0 Å². The van der Waals surface area contributed by atoms with Crippen LogP contribution in [0.4, 0.5) is 0 Å². The van der Waals surface area contributed by atoms with Gasteiger partial charge in [-0.1, -0.05) is 47.3 Å². The molecule has 0 saturated carbocycles. The SMILES string of the molecule is CCN(CC)[SiH](C)N(C(C)C)[Si](C)(C)C. The molecule has 0 radical (unpaired) electrons. The van der Waals surface area contributed by atoms with Crippen LogP contribution < -0.4 is 0 Å². The van der Waals surface area contributed by atoms with E-state index in [1.807, 2.05) is 0 Å². The van der Waals surface area contributed by atoms with Gasteiger partial charge in [-0.3, -0.25) is 0 Å². The third kappa shape index (κ3) is 4.38. The van der Waals surface area contributed by atoms with Gasteiger partial charge >= 0.3 is 0 Å². The van der Waals surface area contributed by atoms with Gasteiger partial charge in [0.25, 0.3) is 0 Å². The Morgan fingerprint density at radius 3 is 1.67 bits per heavy atom. The highest BCUT2D eigenvalue weighted by atomic mass is 28.4. The molecule has 0 aliphatic carbocycles. The first-order valence-corrected chi connectivity index (χ1v) is 11.9. The van der Waals surface area contributed by atoms with Gasteiger partial charge in [-0.2, -0.15) is 0 Å². The molecule has 0 aliphatic rings. The summed E-state index contributed by atoms with van der Waals surface area (Å²) in [6.07, 6.45) is 0. The zero-order valence-electron chi connectivity index (χ0n) is 12.0. The normalized spacial score (nSPS) is 15.4. The lowest BCUT2D eigenvalue weighted by atomic mass is 10.4. The van der Waals surface area contributed by atoms with E-state index in [4.69, 9.17) is 0 Å². The van der Waals surface area contributed by atoms with Crippen LogP contribution in [0.1, 0.15) is 27.7 Å². The summed E-state index contributed by atoms with van der Waals surface area (Å²) in [5.41, 5.74) is 0. The first kappa shape index (κ1) is 15.4. The molecule has 0 aromatic heterocycles. The minimum Gasteiger partial charge on any atom is -0.334 e. The maximum Gasteiger partial charge on any atom is 0.180 e. The third-order valence-corrected chi connectivity index (χ3v) is 11.8. The molecule has 0 aromatic carbocycles. The van der Waals surface area contributed by atoms with E-state index in [1.54, 1.807) is 0 Å². The van der Waals surface area contributed by atoms with Crippen LogP contribution in [0, 0.1) is 0 Å². The summed E-state index contributed by atoms with van der Waals surface area (Å²) >= 11 is 0. The second-order valence-electron chi connectivity index (χ2n) is 5.52. The van der Waals surface area contributed by atoms with Gasteiger partial charge in [0.2, 0.25) is 0 Å². The summed E-state index contributed by atoms with van der Waals surface area (Å²) in [4.78, 5) is 0. The Kier molecular flexibility index (Phi) is 6.32. The molecule has 0 rings (SSSR count). The van der Waals surface area contributed by atoms with Gasteiger partial charge in [-0.25, -0.2) is 0 Å². The average Bonchev–Trinajstić information content (AvgIpc) is 2.02. The maximum absolute atomic E-state index is 2.86. The van der Waals surface area contributed by atoms with E-state index in [2.05, 4.69) is 62.7 Å². The second kappa shape index (κ2) is 6.18. The molecule has 0 fully saturated rings. The van der Waals surface area contributed by atoms with Crippen molar-refractivity contribution in [1.29, 1.82) is 0 Å². The van der Waals surface area contributed by atoms with Crippen LogP contribution >= 0.6 is 0 Å². The van der Waals surface area contributed by atoms with Gasteiger partial charge in [-0.05, 0) is 25.7 Å². The van der Waals surface area contributed by atoms with Crippen molar-refractivity contribution in [2.24, 2.45) is 0 Å². The van der Waals surface area contributed by atoms with Crippen molar-refractivity contribution in [2.75, 3.05) is 13.1 Å². The van der Waals surface area contributed by atoms with Gasteiger partial charge in [0.15, 0.2) is 9.12 Å². The number of hydrogen-bond acceptors (Lipinski definition) is 2. The highest BCUT2D eigenvalue weighted by Crippen LogP contribution is 2.17. The van der Waals surface area contributed by atoms with Gasteiger partial charge in [0.05, 0.1) is 0 Å². The summed E-state index contributed by atoms with van der Waals surface area (Å²) in [6, 6.07) is 0.707. The lowest BCUT2D eigenvalue weighted by Crippen LogP contribution is -2.62. The van der Waals surface area contributed by atoms with Gasteiger partial charge in [0.1, 0.15) is 8.24 Å². The van der Waals surface area contributed by atoms with Crippen LogP contribution in [0.2, 0.25) is 26.2 Å². The summed E-state index contributed by atoms with van der Waals surface area (Å²) < 4.78 is 5.54. The lowest BCUT2D eigenvalue weighted by molar-refractivity contribution is 0.406. The van der Waals surface area contributed by atoms with Crippen LogP contribution in [0.5, 0.6) is 0 Å². The molecular weight excluding hydrogens is 216 g/mol. The fourth-order valence-electron chi connectivity index (χ4n) is 2.69. The Labute approximate surface area is 99.5 Å². The topological polar surface area (TPSA) is 6.48 Å². The molecule has 4 heteroatoms. The van der Waals surface area contributed by atoms with Crippen molar-refractivity contribution in [2.45, 2.75) is 59.9 Å². The van der Waals surface area contributed by atoms with Crippen LogP contribution in [0.15, 0.2) is 0 Å². The van der Waals surface area contributed by atoms with E-state index in [1.165, 1.54) is 13.1 Å². The average molecular weight is 247 g/mol. The molecule has 0 saturated heterocycles. The Hall–Kier alpha value is 0.354. The summed E-state index contributed by atoms with van der Waals surface area (Å²) in [6.45, 7) is 21.6. The zero-order valence-corrected chi connectivity index (χ0v) is 14.1. The minimum absolute atomic E-state index is 0.707. The molecular formula is C11H30N2Si2. The van der Waals surface area contributed by atoms with Crippen molar-refractivity contribution in [1.82, 2.24) is 8.80 Å². The van der Waals surface area contributed by atoms with Crippen molar-refractivity contribution in [3.05, 3.63) is 0 Å². The molecule has 1 atom stereocenters. The zero-order chi connectivity index (χ0) is 12.2. The summed E-state index contributed by atoms with van der Waals surface area (Å²) in [7, 11) is -2.04. The standard InChI is InChI=1S/C11H30N2Si2/c1-9-12(10-2)14(5)13(11(3)4)15(6,7)8/h11,14H,9-10H2,1-8H3. The maximum atomic E-state index is 2.86. The third-order valence-electron chi connectivity index (χ3n) is 3.07. The van der Waals surface area contributed by atoms with Gasteiger partial charge < -0.3 is 8.80 Å². The molecule has 0 spiro atoms. The van der Waals surface area contributed by atoms with Crippen molar-refractivity contribution in [3.8, 4) is 0 Å². The summed E-state index contributed by atoms with van der Waals surface area (Å²) in [5.74, 6) is 0. The summed E-state index contributed by atoms with van der Waals surface area (Å²) in [5, 5.41) is 0. The molecule has 2 nitrogen and oxygen atoms in total. The molecule has 0 bridgehead atoms.